The standard InChI is InChI=1S/C17H19ClN2O/c1-12-6-7-13(2)20(12)16-5-3-4-15(9-16)19-11-14(10-18)8-17(19)21/h3-7,9,14H,8,10-11H2,1-2H3. The third kappa shape index (κ3) is 2.58. The minimum Gasteiger partial charge on any atom is -0.318 e. The fourth-order valence-electron chi connectivity index (χ4n) is 3.01. The Morgan fingerprint density at radius 3 is 2.43 bits per heavy atom. The van der Waals surface area contributed by atoms with Crippen LogP contribution < -0.4 is 4.90 Å². The van der Waals surface area contributed by atoms with E-state index in [-0.39, 0.29) is 11.8 Å². The van der Waals surface area contributed by atoms with Gasteiger partial charge in [0.15, 0.2) is 0 Å². The average molecular weight is 303 g/mol. The van der Waals surface area contributed by atoms with Crippen LogP contribution in [0.1, 0.15) is 17.8 Å². The number of carbonyl (C=O) groups is 1. The Labute approximate surface area is 130 Å². The summed E-state index contributed by atoms with van der Waals surface area (Å²) in [5.41, 5.74) is 4.43. The molecule has 1 unspecified atom stereocenters. The molecule has 21 heavy (non-hydrogen) atoms. The lowest BCUT2D eigenvalue weighted by molar-refractivity contribution is -0.117. The molecule has 0 aliphatic carbocycles. The highest BCUT2D eigenvalue weighted by Crippen LogP contribution is 2.28. The lowest BCUT2D eigenvalue weighted by Gasteiger charge is -2.18. The summed E-state index contributed by atoms with van der Waals surface area (Å²) in [5, 5.41) is 0. The fraction of sp³-hybridized carbons (Fsp3) is 0.353. The van der Waals surface area contributed by atoms with Crippen LogP contribution in [0.15, 0.2) is 36.4 Å². The molecule has 1 amide bonds. The van der Waals surface area contributed by atoms with Crippen molar-refractivity contribution in [3.63, 3.8) is 0 Å². The molecule has 1 fully saturated rings. The first-order chi connectivity index (χ1) is 10.1. The molecule has 2 heterocycles. The molecule has 2 aromatic rings. The molecule has 3 rings (SSSR count). The van der Waals surface area contributed by atoms with Gasteiger partial charge in [-0.25, -0.2) is 0 Å². The van der Waals surface area contributed by atoms with Crippen LogP contribution in [-0.4, -0.2) is 22.9 Å². The van der Waals surface area contributed by atoms with E-state index in [9.17, 15) is 4.79 Å². The Morgan fingerprint density at radius 1 is 1.14 bits per heavy atom. The number of carbonyl (C=O) groups excluding carboxylic acids is 1. The number of aromatic nitrogens is 1. The summed E-state index contributed by atoms with van der Waals surface area (Å²) in [6.45, 7) is 4.89. The van der Waals surface area contributed by atoms with Crippen molar-refractivity contribution in [1.82, 2.24) is 4.57 Å². The highest BCUT2D eigenvalue weighted by molar-refractivity contribution is 6.18. The lowest BCUT2D eigenvalue weighted by atomic mass is 10.1. The molecular formula is C17H19ClN2O. The third-order valence-electron chi connectivity index (χ3n) is 4.09. The minimum atomic E-state index is 0.166. The zero-order valence-corrected chi connectivity index (χ0v) is 13.1. The van der Waals surface area contributed by atoms with Gasteiger partial charge in [-0.15, -0.1) is 11.6 Å². The van der Waals surface area contributed by atoms with Crippen LogP contribution in [0, 0.1) is 19.8 Å². The highest BCUT2D eigenvalue weighted by atomic mass is 35.5. The van der Waals surface area contributed by atoms with Crippen LogP contribution in [0.5, 0.6) is 0 Å². The normalized spacial score (nSPS) is 18.5. The molecule has 1 saturated heterocycles. The predicted octanol–water partition coefficient (Wildman–Crippen LogP) is 3.69. The van der Waals surface area contributed by atoms with Crippen molar-refractivity contribution in [3.8, 4) is 5.69 Å². The number of anilines is 1. The van der Waals surface area contributed by atoms with Crippen molar-refractivity contribution < 1.29 is 4.79 Å². The van der Waals surface area contributed by atoms with E-state index in [2.05, 4.69) is 42.7 Å². The van der Waals surface area contributed by atoms with Gasteiger partial charge in [-0.05, 0) is 50.1 Å². The van der Waals surface area contributed by atoms with Crippen LogP contribution >= 0.6 is 11.6 Å². The maximum atomic E-state index is 12.1. The summed E-state index contributed by atoms with van der Waals surface area (Å²) < 4.78 is 2.20. The Balaban J connectivity index is 1.96. The number of rotatable bonds is 3. The van der Waals surface area contributed by atoms with Gasteiger partial charge in [0.2, 0.25) is 5.91 Å². The number of hydrogen-bond donors (Lipinski definition) is 0. The summed E-state index contributed by atoms with van der Waals surface area (Å²) >= 11 is 5.90. The SMILES string of the molecule is Cc1ccc(C)n1-c1cccc(N2CC(CCl)CC2=O)c1. The molecule has 0 spiro atoms. The minimum absolute atomic E-state index is 0.166. The quantitative estimate of drug-likeness (QED) is 0.794. The molecular weight excluding hydrogens is 284 g/mol. The zero-order valence-electron chi connectivity index (χ0n) is 12.3. The van der Waals surface area contributed by atoms with Crippen LogP contribution in [0.25, 0.3) is 5.69 Å². The number of aryl methyl sites for hydroxylation is 2. The van der Waals surface area contributed by atoms with Crippen molar-refractivity contribution in [3.05, 3.63) is 47.8 Å². The second-order valence-corrected chi connectivity index (χ2v) is 6.01. The van der Waals surface area contributed by atoms with Gasteiger partial charge in [-0.1, -0.05) is 6.07 Å². The van der Waals surface area contributed by atoms with E-state index >= 15 is 0 Å². The highest BCUT2D eigenvalue weighted by Gasteiger charge is 2.30. The molecule has 0 radical (unpaired) electrons. The first-order valence-electron chi connectivity index (χ1n) is 7.22. The summed E-state index contributed by atoms with van der Waals surface area (Å²) in [4.78, 5) is 14.0. The molecule has 1 aromatic heterocycles. The second kappa shape index (κ2) is 5.57. The van der Waals surface area contributed by atoms with E-state index in [0.717, 1.165) is 17.9 Å². The number of benzene rings is 1. The second-order valence-electron chi connectivity index (χ2n) is 5.70. The van der Waals surface area contributed by atoms with Crippen molar-refractivity contribution >= 4 is 23.2 Å². The van der Waals surface area contributed by atoms with Crippen LogP contribution in [0.3, 0.4) is 0 Å². The molecule has 3 nitrogen and oxygen atoms in total. The van der Waals surface area contributed by atoms with Gasteiger partial charge in [-0.3, -0.25) is 4.79 Å². The number of halogens is 1. The fourth-order valence-corrected chi connectivity index (χ4v) is 3.22. The summed E-state index contributed by atoms with van der Waals surface area (Å²) in [6, 6.07) is 12.4. The van der Waals surface area contributed by atoms with Crippen molar-refractivity contribution in [2.24, 2.45) is 5.92 Å². The monoisotopic (exact) mass is 302 g/mol. The summed E-state index contributed by atoms with van der Waals surface area (Å²) in [5.74, 6) is 0.967. The summed E-state index contributed by atoms with van der Waals surface area (Å²) in [7, 11) is 0. The molecule has 0 bridgehead atoms. The number of amides is 1. The van der Waals surface area contributed by atoms with Gasteiger partial charge < -0.3 is 9.47 Å². The first kappa shape index (κ1) is 14.2. The Morgan fingerprint density at radius 2 is 1.81 bits per heavy atom. The van der Waals surface area contributed by atoms with Gasteiger partial charge >= 0.3 is 0 Å². The van der Waals surface area contributed by atoms with Crippen LogP contribution in [0.2, 0.25) is 0 Å². The number of hydrogen-bond acceptors (Lipinski definition) is 1. The first-order valence-corrected chi connectivity index (χ1v) is 7.75. The third-order valence-corrected chi connectivity index (χ3v) is 4.53. The molecule has 0 N–H and O–H groups in total. The van der Waals surface area contributed by atoms with E-state index in [1.165, 1.54) is 11.4 Å². The molecule has 4 heteroatoms. The smallest absolute Gasteiger partial charge is 0.227 e. The van der Waals surface area contributed by atoms with Crippen LogP contribution in [0.4, 0.5) is 5.69 Å². The Bertz CT molecular complexity index is 658. The van der Waals surface area contributed by atoms with Gasteiger partial charge in [-0.2, -0.15) is 0 Å². The Hall–Kier alpha value is -1.74. The van der Waals surface area contributed by atoms with E-state index in [4.69, 9.17) is 11.6 Å². The molecule has 110 valence electrons. The average Bonchev–Trinajstić information content (AvgIpc) is 3.02. The van der Waals surface area contributed by atoms with Gasteiger partial charge in [0, 0.05) is 41.6 Å². The Kier molecular flexibility index (Phi) is 3.77. The van der Waals surface area contributed by atoms with E-state index in [1.807, 2.05) is 17.0 Å². The van der Waals surface area contributed by atoms with E-state index < -0.39 is 0 Å². The van der Waals surface area contributed by atoms with E-state index in [1.54, 1.807) is 0 Å². The van der Waals surface area contributed by atoms with Crippen molar-refractivity contribution in [1.29, 1.82) is 0 Å². The largest absolute Gasteiger partial charge is 0.318 e. The maximum Gasteiger partial charge on any atom is 0.227 e. The summed E-state index contributed by atoms with van der Waals surface area (Å²) in [6.07, 6.45) is 0.551. The topological polar surface area (TPSA) is 25.2 Å². The predicted molar refractivity (Wildman–Crippen MR) is 86.4 cm³/mol. The number of alkyl halides is 1. The molecule has 0 saturated carbocycles. The van der Waals surface area contributed by atoms with E-state index in [0.29, 0.717) is 12.3 Å². The van der Waals surface area contributed by atoms with Crippen molar-refractivity contribution in [2.45, 2.75) is 20.3 Å². The van der Waals surface area contributed by atoms with Crippen LogP contribution in [-0.2, 0) is 4.79 Å². The molecule has 1 aromatic carbocycles. The zero-order chi connectivity index (χ0) is 15.0. The van der Waals surface area contributed by atoms with Gasteiger partial charge in [0.25, 0.3) is 0 Å². The maximum absolute atomic E-state index is 12.1. The molecule has 1 aliphatic heterocycles. The van der Waals surface area contributed by atoms with Crippen molar-refractivity contribution in [2.75, 3.05) is 17.3 Å². The number of nitrogens with zero attached hydrogens (tertiary/aromatic N) is 2. The van der Waals surface area contributed by atoms with Gasteiger partial charge in [0.1, 0.15) is 0 Å². The van der Waals surface area contributed by atoms with Gasteiger partial charge in [0.05, 0.1) is 0 Å². The lowest BCUT2D eigenvalue weighted by Crippen LogP contribution is -2.24. The molecule has 1 aliphatic rings. The molecule has 1 atom stereocenters.